The number of benzene rings is 4. The first-order valence-electron chi connectivity index (χ1n) is 20.9. The van der Waals surface area contributed by atoms with Crippen molar-refractivity contribution in [3.05, 3.63) is 107 Å². The van der Waals surface area contributed by atoms with Crippen molar-refractivity contribution >= 4 is 51.6 Å². The molecule has 1 amide bonds. The Balaban J connectivity index is 0.000000552. The number of amides is 1. The number of anilines is 3. The van der Waals surface area contributed by atoms with Crippen LogP contribution in [0.25, 0.3) is 10.8 Å². The molecule has 0 saturated heterocycles. The predicted octanol–water partition coefficient (Wildman–Crippen LogP) is 14.0. The molecule has 60 heavy (non-hydrogen) atoms. The number of hydrogen-bond donors (Lipinski definition) is 3. The Morgan fingerprint density at radius 1 is 0.750 bits per heavy atom. The number of ether oxygens (including phenoxy) is 3. The van der Waals surface area contributed by atoms with Crippen LogP contribution in [0, 0.1) is 13.8 Å². The van der Waals surface area contributed by atoms with Gasteiger partial charge in [0.2, 0.25) is 0 Å². The second-order valence-electron chi connectivity index (χ2n) is 15.2. The zero-order chi connectivity index (χ0) is 45.3. The van der Waals surface area contributed by atoms with Crippen LogP contribution in [0.1, 0.15) is 122 Å². The van der Waals surface area contributed by atoms with Crippen LogP contribution in [0.2, 0.25) is 0 Å². The maximum atomic E-state index is 12.3. The molecule has 0 aliphatic heterocycles. The number of carbonyl (C=O) groups excluding carboxylic acids is 2. The lowest BCUT2D eigenvalue weighted by molar-refractivity contribution is -0.115. The molecule has 0 saturated carbocycles. The van der Waals surface area contributed by atoms with E-state index in [0.717, 1.165) is 40.1 Å². The van der Waals surface area contributed by atoms with Gasteiger partial charge in [0, 0.05) is 42.2 Å². The maximum absolute atomic E-state index is 12.3. The summed E-state index contributed by atoms with van der Waals surface area (Å²) in [6, 6.07) is 25.6. The molecule has 0 bridgehead atoms. The number of pyridine rings is 1. The van der Waals surface area contributed by atoms with Crippen molar-refractivity contribution in [3.8, 4) is 23.0 Å². The summed E-state index contributed by atoms with van der Waals surface area (Å²) in [7, 11) is 3.26. The van der Waals surface area contributed by atoms with Gasteiger partial charge >= 0.3 is 0 Å². The molecule has 9 nitrogen and oxygen atoms in total. The van der Waals surface area contributed by atoms with Crippen LogP contribution >= 0.6 is 11.9 Å². The van der Waals surface area contributed by atoms with Crippen molar-refractivity contribution < 1.29 is 23.8 Å². The molecule has 4 aromatic carbocycles. The van der Waals surface area contributed by atoms with Crippen molar-refractivity contribution in [2.75, 3.05) is 37.1 Å². The number of methoxy groups -OCH3 is 2. The second-order valence-corrected chi connectivity index (χ2v) is 15.9. The average molecular weight is 841 g/mol. The fourth-order valence-electron chi connectivity index (χ4n) is 5.28. The molecule has 0 atom stereocenters. The first-order chi connectivity index (χ1) is 28.5. The maximum Gasteiger partial charge on any atom is 0.255 e. The summed E-state index contributed by atoms with van der Waals surface area (Å²) < 4.78 is 20.3. The highest BCUT2D eigenvalue weighted by atomic mass is 32.2. The lowest BCUT2D eigenvalue weighted by Gasteiger charge is -2.22. The first kappa shape index (κ1) is 52.8. The highest BCUT2D eigenvalue weighted by Gasteiger charge is 2.18. The summed E-state index contributed by atoms with van der Waals surface area (Å²) in [4.78, 5) is 26.2. The fourth-order valence-corrected chi connectivity index (χ4v) is 5.65. The van der Waals surface area contributed by atoms with E-state index < -0.39 is 0 Å². The Morgan fingerprint density at radius 3 is 1.93 bits per heavy atom. The molecule has 0 aliphatic rings. The van der Waals surface area contributed by atoms with E-state index in [2.05, 4.69) is 113 Å². The average Bonchev–Trinajstić information content (AvgIpc) is 3.21. The smallest absolute Gasteiger partial charge is 0.255 e. The second kappa shape index (κ2) is 28.3. The number of aryl methyl sites for hydroxylation is 2. The van der Waals surface area contributed by atoms with Gasteiger partial charge in [0.15, 0.2) is 0 Å². The van der Waals surface area contributed by atoms with E-state index >= 15 is 0 Å². The topological polar surface area (TPSA) is 111 Å². The normalized spacial score (nSPS) is 10.1. The number of fused-ring (bicyclic) bond motifs is 1. The molecule has 1 aromatic heterocycles. The molecule has 0 spiro atoms. The molecule has 328 valence electrons. The number of aromatic nitrogens is 1. The standard InChI is InChI=1S/C27H27N3O3.C13H21NOS.C4H10.C3H6O.C3H8/c1-4-14-29-27(31)23-11-10-19(16-25(23)32-3)30-26-17-20(13-15-28-26)33-24-12-9-18(2)21-7-5-6-8-22(21)24;1-9-7-10(13(2,3)4)8-11(14-16-6)12(9)15-5;1-3-4-2;1-3(2)4;1-3-2/h5-13,15-17H,4,14H2,1-3H3,(H,28,30)(H,29,31);7-8,14H,1-6H3;3-4H2,1-2H3;1-2H3;3H2,1-2H3. The van der Waals surface area contributed by atoms with Gasteiger partial charge in [-0.25, -0.2) is 4.98 Å². The minimum atomic E-state index is -0.154. The largest absolute Gasteiger partial charge is 0.496 e. The zero-order valence-corrected chi connectivity index (χ0v) is 39.8. The van der Waals surface area contributed by atoms with Crippen LogP contribution in [0.4, 0.5) is 17.2 Å². The summed E-state index contributed by atoms with van der Waals surface area (Å²) in [5.41, 5.74) is 6.16. The predicted molar refractivity (Wildman–Crippen MR) is 258 cm³/mol. The van der Waals surface area contributed by atoms with Gasteiger partial charge in [0.05, 0.1) is 25.5 Å². The summed E-state index contributed by atoms with van der Waals surface area (Å²) in [6.07, 6.45) is 8.46. The summed E-state index contributed by atoms with van der Waals surface area (Å²) in [6.45, 7) is 25.1. The summed E-state index contributed by atoms with van der Waals surface area (Å²) >= 11 is 1.58. The van der Waals surface area contributed by atoms with Gasteiger partial charge in [-0.3, -0.25) is 4.79 Å². The third-order valence-corrected chi connectivity index (χ3v) is 8.80. The number of ketones is 1. The quantitative estimate of drug-likeness (QED) is 0.106. The molecular weight excluding hydrogens is 769 g/mol. The minimum absolute atomic E-state index is 0.154. The Kier molecular flexibility index (Phi) is 24.9. The van der Waals surface area contributed by atoms with E-state index in [-0.39, 0.29) is 17.1 Å². The molecule has 5 rings (SSSR count). The Hall–Kier alpha value is -5.22. The van der Waals surface area contributed by atoms with Gasteiger partial charge in [0.25, 0.3) is 5.91 Å². The number of rotatable bonds is 12. The third-order valence-electron chi connectivity index (χ3n) is 8.37. The molecule has 1 heterocycles. The van der Waals surface area contributed by atoms with Crippen molar-refractivity contribution in [2.45, 2.75) is 114 Å². The number of Topliss-reactive ketones (excluding diaryl/α,β-unsaturated/α-hetero) is 1. The third kappa shape index (κ3) is 18.4. The molecule has 0 aliphatic carbocycles. The highest BCUT2D eigenvalue weighted by Crippen LogP contribution is 2.36. The van der Waals surface area contributed by atoms with Crippen LogP contribution in [-0.4, -0.2) is 43.7 Å². The monoisotopic (exact) mass is 841 g/mol. The highest BCUT2D eigenvalue weighted by molar-refractivity contribution is 7.99. The number of nitrogens with one attached hydrogen (secondary N) is 3. The van der Waals surface area contributed by atoms with Crippen LogP contribution in [0.15, 0.2) is 85.1 Å². The van der Waals surface area contributed by atoms with E-state index in [4.69, 9.17) is 14.2 Å². The van der Waals surface area contributed by atoms with Gasteiger partial charge in [-0.2, -0.15) is 0 Å². The number of carbonyl (C=O) groups is 2. The first-order valence-corrected chi connectivity index (χ1v) is 22.1. The Labute approximate surface area is 365 Å². The number of nitrogens with zero attached hydrogens (tertiary/aromatic N) is 1. The van der Waals surface area contributed by atoms with Crippen molar-refractivity contribution in [2.24, 2.45) is 0 Å². The molecule has 3 N–H and O–H groups in total. The molecule has 10 heteroatoms. The van der Waals surface area contributed by atoms with Gasteiger partial charge in [-0.15, -0.1) is 0 Å². The molecule has 5 aromatic rings. The van der Waals surface area contributed by atoms with Crippen LogP contribution < -0.4 is 29.6 Å². The van der Waals surface area contributed by atoms with E-state index in [1.165, 1.54) is 49.8 Å². The van der Waals surface area contributed by atoms with Crippen LogP contribution in [0.5, 0.6) is 23.0 Å². The fraction of sp³-hybridized carbons (Fsp3) is 0.420. The van der Waals surface area contributed by atoms with Crippen molar-refractivity contribution in [1.29, 1.82) is 0 Å². The summed E-state index contributed by atoms with van der Waals surface area (Å²) in [5, 5.41) is 8.35. The van der Waals surface area contributed by atoms with Crippen LogP contribution in [-0.2, 0) is 10.2 Å². The lowest BCUT2D eigenvalue weighted by atomic mass is 9.86. The van der Waals surface area contributed by atoms with Gasteiger partial charge < -0.3 is 34.4 Å². The Morgan fingerprint density at radius 2 is 1.38 bits per heavy atom. The number of hydrogen-bond acceptors (Lipinski definition) is 9. The molecular formula is C50H72N4O5S. The van der Waals surface area contributed by atoms with Gasteiger partial charge in [-0.05, 0) is 91.9 Å². The summed E-state index contributed by atoms with van der Waals surface area (Å²) in [5.74, 6) is 3.52. The minimum Gasteiger partial charge on any atom is -0.496 e. The zero-order valence-electron chi connectivity index (χ0n) is 39.0. The van der Waals surface area contributed by atoms with Crippen molar-refractivity contribution in [1.82, 2.24) is 10.3 Å². The van der Waals surface area contributed by atoms with Gasteiger partial charge in [0.1, 0.15) is 34.6 Å². The van der Waals surface area contributed by atoms with E-state index in [0.29, 0.717) is 29.4 Å². The lowest BCUT2D eigenvalue weighted by Crippen LogP contribution is -2.24. The van der Waals surface area contributed by atoms with E-state index in [1.807, 2.05) is 49.6 Å². The number of unbranched alkanes of at least 4 members (excludes halogenated alkanes) is 1. The molecule has 0 radical (unpaired) electrons. The van der Waals surface area contributed by atoms with Crippen molar-refractivity contribution in [3.63, 3.8) is 0 Å². The van der Waals surface area contributed by atoms with E-state index in [1.54, 1.807) is 44.5 Å². The SMILES string of the molecule is CC(C)=O.CCC.CCCC.CCCNC(=O)c1ccc(Nc2cc(Oc3ccc(C)c4ccccc34)ccn2)cc1OC.COc1c(C)cc(C(C)(C)C)cc1NSC. The Bertz CT molecular complexity index is 2040. The van der Waals surface area contributed by atoms with Crippen LogP contribution in [0.3, 0.4) is 0 Å². The van der Waals surface area contributed by atoms with E-state index in [9.17, 15) is 9.59 Å². The molecule has 0 unspecified atom stereocenters. The van der Waals surface area contributed by atoms with Gasteiger partial charge in [-0.1, -0.05) is 123 Å². The molecule has 0 fully saturated rings.